The summed E-state index contributed by atoms with van der Waals surface area (Å²) in [6.45, 7) is 1.34. The molecule has 0 saturated carbocycles. The van der Waals surface area contributed by atoms with Crippen molar-refractivity contribution in [2.24, 2.45) is 5.73 Å². The Kier molecular flexibility index (Phi) is 7.64. The molecule has 0 heterocycles. The van der Waals surface area contributed by atoms with E-state index in [2.05, 4.69) is 10.1 Å². The Morgan fingerprint density at radius 1 is 1.00 bits per heavy atom. The monoisotopic (exact) mass is 356 g/mol. The summed E-state index contributed by atoms with van der Waals surface area (Å²) in [5.41, 5.74) is 8.11. The summed E-state index contributed by atoms with van der Waals surface area (Å²) >= 11 is 0. The lowest BCUT2D eigenvalue weighted by Gasteiger charge is -2.08. The van der Waals surface area contributed by atoms with Crippen LogP contribution in [0.5, 0.6) is 5.75 Å². The summed E-state index contributed by atoms with van der Waals surface area (Å²) in [7, 11) is 1.37. The van der Waals surface area contributed by atoms with Crippen LogP contribution in [0.2, 0.25) is 0 Å². The van der Waals surface area contributed by atoms with Crippen molar-refractivity contribution >= 4 is 11.9 Å². The zero-order valence-corrected chi connectivity index (χ0v) is 14.9. The number of nitrogens with two attached hydrogens (primary N) is 1. The fourth-order valence-corrected chi connectivity index (χ4v) is 2.29. The van der Waals surface area contributed by atoms with Crippen molar-refractivity contribution in [3.05, 3.63) is 65.2 Å². The molecule has 2 aromatic carbocycles. The van der Waals surface area contributed by atoms with E-state index in [1.54, 1.807) is 12.1 Å². The fourth-order valence-electron chi connectivity index (χ4n) is 2.29. The highest BCUT2D eigenvalue weighted by molar-refractivity contribution is 5.94. The minimum absolute atomic E-state index is 0.128. The third kappa shape index (κ3) is 6.22. The summed E-state index contributed by atoms with van der Waals surface area (Å²) in [6.07, 6.45) is 0.945. The van der Waals surface area contributed by atoms with Crippen molar-refractivity contribution < 1.29 is 19.1 Å². The van der Waals surface area contributed by atoms with Crippen molar-refractivity contribution in [1.29, 1.82) is 0 Å². The van der Waals surface area contributed by atoms with Gasteiger partial charge in [-0.15, -0.1) is 0 Å². The zero-order valence-electron chi connectivity index (χ0n) is 14.9. The fraction of sp³-hybridized carbons (Fsp3) is 0.300. The maximum atomic E-state index is 12.1. The highest BCUT2D eigenvalue weighted by Gasteiger charge is 2.05. The van der Waals surface area contributed by atoms with Crippen LogP contribution in [-0.2, 0) is 22.6 Å². The van der Waals surface area contributed by atoms with Gasteiger partial charge in [-0.1, -0.05) is 24.3 Å². The molecule has 26 heavy (non-hydrogen) atoms. The molecule has 0 saturated heterocycles. The van der Waals surface area contributed by atoms with Gasteiger partial charge in [-0.3, -0.25) is 9.59 Å². The van der Waals surface area contributed by atoms with Gasteiger partial charge in [0.15, 0.2) is 0 Å². The van der Waals surface area contributed by atoms with E-state index in [-0.39, 0.29) is 11.9 Å². The van der Waals surface area contributed by atoms with Gasteiger partial charge in [-0.25, -0.2) is 0 Å². The van der Waals surface area contributed by atoms with Crippen molar-refractivity contribution in [3.8, 4) is 5.75 Å². The quantitative estimate of drug-likeness (QED) is 0.532. The largest absolute Gasteiger partial charge is 0.494 e. The van der Waals surface area contributed by atoms with Crippen LogP contribution in [0.1, 0.15) is 34.3 Å². The van der Waals surface area contributed by atoms with Crippen molar-refractivity contribution in [3.63, 3.8) is 0 Å². The molecular weight excluding hydrogens is 332 g/mol. The van der Waals surface area contributed by atoms with Crippen LogP contribution in [0, 0.1) is 0 Å². The van der Waals surface area contributed by atoms with E-state index in [1.165, 1.54) is 7.11 Å². The smallest absolute Gasteiger partial charge is 0.305 e. The van der Waals surface area contributed by atoms with Crippen LogP contribution in [0.15, 0.2) is 48.5 Å². The molecule has 6 heteroatoms. The Morgan fingerprint density at radius 2 is 1.65 bits per heavy atom. The van der Waals surface area contributed by atoms with E-state index >= 15 is 0 Å². The molecular formula is C20H24N2O4. The molecule has 0 aromatic heterocycles. The Balaban J connectivity index is 1.75. The highest BCUT2D eigenvalue weighted by atomic mass is 16.5. The molecule has 0 bridgehead atoms. The number of rotatable bonds is 9. The molecule has 2 rings (SSSR count). The van der Waals surface area contributed by atoms with Gasteiger partial charge in [-0.2, -0.15) is 0 Å². The Labute approximate surface area is 153 Å². The van der Waals surface area contributed by atoms with Crippen LogP contribution in [0.4, 0.5) is 0 Å². The van der Waals surface area contributed by atoms with E-state index in [0.717, 1.165) is 16.9 Å². The Hall–Kier alpha value is -2.86. The van der Waals surface area contributed by atoms with Crippen LogP contribution in [0.3, 0.4) is 0 Å². The third-order valence-electron chi connectivity index (χ3n) is 3.85. The lowest BCUT2D eigenvalue weighted by Crippen LogP contribution is -2.22. The van der Waals surface area contributed by atoms with Crippen LogP contribution in [0.25, 0.3) is 0 Å². The number of esters is 1. The summed E-state index contributed by atoms with van der Waals surface area (Å²) in [6, 6.07) is 14.7. The van der Waals surface area contributed by atoms with E-state index in [0.29, 0.717) is 38.1 Å². The second-order valence-corrected chi connectivity index (χ2v) is 5.76. The Morgan fingerprint density at radius 3 is 2.27 bits per heavy atom. The predicted octanol–water partition coefficient (Wildman–Crippen LogP) is 2.41. The number of methoxy groups -OCH3 is 1. The highest BCUT2D eigenvalue weighted by Crippen LogP contribution is 2.13. The summed E-state index contributed by atoms with van der Waals surface area (Å²) in [5, 5.41) is 2.88. The second kappa shape index (κ2) is 10.2. The molecule has 1 amide bonds. The molecule has 0 atom stereocenters. The number of hydrogen-bond donors (Lipinski definition) is 2. The molecule has 2 aromatic rings. The number of ether oxygens (including phenoxy) is 2. The SMILES string of the molecule is COC(=O)CCCOc1ccc(CNC(=O)c2ccc(CN)cc2)cc1. The molecule has 0 unspecified atom stereocenters. The first-order chi connectivity index (χ1) is 12.6. The van der Waals surface area contributed by atoms with Gasteiger partial charge in [-0.05, 0) is 41.8 Å². The molecule has 0 spiro atoms. The normalized spacial score (nSPS) is 10.2. The van der Waals surface area contributed by atoms with E-state index < -0.39 is 0 Å². The number of carbonyl (C=O) groups is 2. The first kappa shape index (κ1) is 19.5. The number of carbonyl (C=O) groups excluding carboxylic acids is 2. The molecule has 0 aliphatic heterocycles. The minimum atomic E-state index is -0.239. The van der Waals surface area contributed by atoms with E-state index in [1.807, 2.05) is 36.4 Å². The number of amides is 1. The number of hydrogen-bond acceptors (Lipinski definition) is 5. The van der Waals surface area contributed by atoms with E-state index in [4.69, 9.17) is 10.5 Å². The predicted molar refractivity (Wildman–Crippen MR) is 98.7 cm³/mol. The molecule has 0 aliphatic rings. The maximum absolute atomic E-state index is 12.1. The van der Waals surface area contributed by atoms with E-state index in [9.17, 15) is 9.59 Å². The van der Waals surface area contributed by atoms with Gasteiger partial charge < -0.3 is 20.5 Å². The maximum Gasteiger partial charge on any atom is 0.305 e. The first-order valence-corrected chi connectivity index (χ1v) is 8.48. The third-order valence-corrected chi connectivity index (χ3v) is 3.85. The van der Waals surface area contributed by atoms with Gasteiger partial charge in [0.2, 0.25) is 0 Å². The van der Waals surface area contributed by atoms with Crippen LogP contribution < -0.4 is 15.8 Å². The summed E-state index contributed by atoms with van der Waals surface area (Å²) < 4.78 is 10.1. The summed E-state index contributed by atoms with van der Waals surface area (Å²) in [5.74, 6) is 0.358. The molecule has 0 fully saturated rings. The van der Waals surface area contributed by atoms with Gasteiger partial charge in [0, 0.05) is 25.1 Å². The topological polar surface area (TPSA) is 90.6 Å². The minimum Gasteiger partial charge on any atom is -0.494 e. The molecule has 0 radical (unpaired) electrons. The number of nitrogens with one attached hydrogen (secondary N) is 1. The van der Waals surface area contributed by atoms with Gasteiger partial charge in [0.25, 0.3) is 5.91 Å². The summed E-state index contributed by atoms with van der Waals surface area (Å²) in [4.78, 5) is 23.1. The number of benzene rings is 2. The van der Waals surface area contributed by atoms with Crippen molar-refractivity contribution in [2.45, 2.75) is 25.9 Å². The van der Waals surface area contributed by atoms with Crippen LogP contribution >= 0.6 is 0 Å². The van der Waals surface area contributed by atoms with Crippen LogP contribution in [-0.4, -0.2) is 25.6 Å². The second-order valence-electron chi connectivity index (χ2n) is 5.76. The van der Waals surface area contributed by atoms with Crippen molar-refractivity contribution in [1.82, 2.24) is 5.32 Å². The average molecular weight is 356 g/mol. The average Bonchev–Trinajstić information content (AvgIpc) is 2.70. The molecule has 3 N–H and O–H groups in total. The lowest BCUT2D eigenvalue weighted by molar-refractivity contribution is -0.140. The molecule has 0 aliphatic carbocycles. The Bertz CT molecular complexity index is 712. The first-order valence-electron chi connectivity index (χ1n) is 8.48. The standard InChI is InChI=1S/C20H24N2O4/c1-25-19(23)3-2-12-26-18-10-6-16(7-11-18)14-22-20(24)17-8-4-15(13-21)5-9-17/h4-11H,2-3,12-14,21H2,1H3,(H,22,24). The van der Waals surface area contributed by atoms with Crippen molar-refractivity contribution in [2.75, 3.05) is 13.7 Å². The molecule has 6 nitrogen and oxygen atoms in total. The van der Waals surface area contributed by atoms with Gasteiger partial charge >= 0.3 is 5.97 Å². The zero-order chi connectivity index (χ0) is 18.8. The lowest BCUT2D eigenvalue weighted by atomic mass is 10.1. The molecule has 138 valence electrons. The van der Waals surface area contributed by atoms with Gasteiger partial charge in [0.1, 0.15) is 5.75 Å². The van der Waals surface area contributed by atoms with Gasteiger partial charge in [0.05, 0.1) is 13.7 Å².